The van der Waals surface area contributed by atoms with Gasteiger partial charge >= 0.3 is 6.18 Å². The number of carbonyl (C=O) groups is 2. The van der Waals surface area contributed by atoms with Gasteiger partial charge in [-0.1, -0.05) is 30.3 Å². The molecule has 0 aliphatic carbocycles. The molecule has 2 aromatic rings. The first kappa shape index (κ1) is 19.9. The standard InChI is InChI=1S/C21H21F3N2O2/c22-21(23,24)17-8-10-18(11-9-17)26-14-16(13-19(26)27)20(28)25-12-4-7-15-5-2-1-3-6-15/h1-3,5-6,8-11,16H,4,7,12-14H2,(H,25,28). The average molecular weight is 390 g/mol. The van der Waals surface area contributed by atoms with Gasteiger partial charge in [-0.15, -0.1) is 0 Å². The van der Waals surface area contributed by atoms with Gasteiger partial charge in [0.05, 0.1) is 11.5 Å². The van der Waals surface area contributed by atoms with E-state index in [1.54, 1.807) is 0 Å². The van der Waals surface area contributed by atoms with Crippen LogP contribution in [0, 0.1) is 5.92 Å². The summed E-state index contributed by atoms with van der Waals surface area (Å²) in [6.07, 6.45) is -2.72. The van der Waals surface area contributed by atoms with Crippen LogP contribution in [-0.4, -0.2) is 24.9 Å². The number of hydrogen-bond donors (Lipinski definition) is 1. The van der Waals surface area contributed by atoms with Crippen molar-refractivity contribution in [1.29, 1.82) is 0 Å². The molecule has 1 N–H and O–H groups in total. The number of hydrogen-bond acceptors (Lipinski definition) is 2. The second-order valence-electron chi connectivity index (χ2n) is 6.83. The number of nitrogens with zero attached hydrogens (tertiary/aromatic N) is 1. The third-order valence-electron chi connectivity index (χ3n) is 4.79. The van der Waals surface area contributed by atoms with Crippen LogP contribution < -0.4 is 10.2 Å². The molecule has 1 atom stereocenters. The Morgan fingerprint density at radius 3 is 2.39 bits per heavy atom. The smallest absolute Gasteiger partial charge is 0.356 e. The van der Waals surface area contributed by atoms with Crippen molar-refractivity contribution in [3.05, 3.63) is 65.7 Å². The number of benzene rings is 2. The minimum absolute atomic E-state index is 0.0611. The minimum Gasteiger partial charge on any atom is -0.356 e. The van der Waals surface area contributed by atoms with E-state index in [2.05, 4.69) is 5.32 Å². The largest absolute Gasteiger partial charge is 0.416 e. The molecule has 0 saturated carbocycles. The van der Waals surface area contributed by atoms with Crippen molar-refractivity contribution >= 4 is 17.5 Å². The third kappa shape index (κ3) is 4.91. The van der Waals surface area contributed by atoms with Gasteiger partial charge in [-0.3, -0.25) is 9.59 Å². The predicted octanol–water partition coefficient (Wildman–Crippen LogP) is 3.81. The molecule has 148 valence electrons. The Morgan fingerprint density at radius 1 is 1.07 bits per heavy atom. The predicted molar refractivity (Wildman–Crippen MR) is 99.7 cm³/mol. The molecule has 0 bridgehead atoms. The Morgan fingerprint density at radius 2 is 1.75 bits per heavy atom. The van der Waals surface area contributed by atoms with Gasteiger partial charge in [0.2, 0.25) is 11.8 Å². The summed E-state index contributed by atoms with van der Waals surface area (Å²) in [5.74, 6) is -0.952. The van der Waals surface area contributed by atoms with Crippen molar-refractivity contribution in [1.82, 2.24) is 5.32 Å². The first-order chi connectivity index (χ1) is 13.3. The van der Waals surface area contributed by atoms with Gasteiger partial charge in [-0.25, -0.2) is 0 Å². The van der Waals surface area contributed by atoms with E-state index in [0.29, 0.717) is 12.2 Å². The Kier molecular flexibility index (Phi) is 6.02. The van der Waals surface area contributed by atoms with Crippen molar-refractivity contribution in [2.45, 2.75) is 25.4 Å². The normalized spacial score (nSPS) is 17.0. The third-order valence-corrected chi connectivity index (χ3v) is 4.79. The van der Waals surface area contributed by atoms with Gasteiger partial charge in [0, 0.05) is 25.2 Å². The van der Waals surface area contributed by atoms with E-state index in [1.807, 2.05) is 30.3 Å². The molecule has 0 spiro atoms. The second-order valence-corrected chi connectivity index (χ2v) is 6.83. The SMILES string of the molecule is O=C(NCCCc1ccccc1)C1CC(=O)N(c2ccc(C(F)(F)F)cc2)C1. The maximum atomic E-state index is 12.7. The van der Waals surface area contributed by atoms with Crippen LogP contribution >= 0.6 is 0 Å². The molecular weight excluding hydrogens is 369 g/mol. The number of nitrogens with one attached hydrogen (secondary N) is 1. The molecule has 1 aliphatic rings. The first-order valence-corrected chi connectivity index (χ1v) is 9.14. The minimum atomic E-state index is -4.42. The van der Waals surface area contributed by atoms with Gasteiger partial charge in [-0.2, -0.15) is 13.2 Å². The summed E-state index contributed by atoms with van der Waals surface area (Å²) in [7, 11) is 0. The number of carbonyl (C=O) groups excluding carboxylic acids is 2. The van der Waals surface area contributed by atoms with E-state index in [4.69, 9.17) is 0 Å². The summed E-state index contributed by atoms with van der Waals surface area (Å²) < 4.78 is 38.0. The second kappa shape index (κ2) is 8.46. The molecule has 3 rings (SSSR count). The number of amides is 2. The quantitative estimate of drug-likeness (QED) is 0.763. The Bertz CT molecular complexity index is 820. The van der Waals surface area contributed by atoms with Crippen LogP contribution in [0.5, 0.6) is 0 Å². The molecule has 1 heterocycles. The lowest BCUT2D eigenvalue weighted by Crippen LogP contribution is -2.33. The maximum Gasteiger partial charge on any atom is 0.416 e. The Hall–Kier alpha value is -2.83. The fourth-order valence-electron chi connectivity index (χ4n) is 3.26. The average Bonchev–Trinajstić information content (AvgIpc) is 3.07. The van der Waals surface area contributed by atoms with Crippen LogP contribution in [0.3, 0.4) is 0 Å². The van der Waals surface area contributed by atoms with E-state index < -0.39 is 17.7 Å². The fourth-order valence-corrected chi connectivity index (χ4v) is 3.26. The van der Waals surface area contributed by atoms with E-state index in [0.717, 1.165) is 25.0 Å². The highest BCUT2D eigenvalue weighted by molar-refractivity contribution is 6.00. The van der Waals surface area contributed by atoms with Crippen LogP contribution in [0.4, 0.5) is 18.9 Å². The summed E-state index contributed by atoms with van der Waals surface area (Å²) in [4.78, 5) is 25.9. The molecule has 1 unspecified atom stereocenters. The Balaban J connectivity index is 1.50. The zero-order valence-electron chi connectivity index (χ0n) is 15.2. The molecule has 2 aromatic carbocycles. The van der Waals surface area contributed by atoms with Crippen molar-refractivity contribution in [3.8, 4) is 0 Å². The van der Waals surface area contributed by atoms with Crippen LogP contribution in [0.25, 0.3) is 0 Å². The van der Waals surface area contributed by atoms with E-state index >= 15 is 0 Å². The molecule has 1 fully saturated rings. The maximum absolute atomic E-state index is 12.7. The summed E-state index contributed by atoms with van der Waals surface area (Å²) in [6, 6.07) is 14.4. The molecular formula is C21H21F3N2O2. The van der Waals surface area contributed by atoms with E-state index in [9.17, 15) is 22.8 Å². The van der Waals surface area contributed by atoms with Crippen molar-refractivity contribution in [2.24, 2.45) is 5.92 Å². The molecule has 0 radical (unpaired) electrons. The molecule has 4 nitrogen and oxygen atoms in total. The van der Waals surface area contributed by atoms with Crippen LogP contribution in [0.2, 0.25) is 0 Å². The highest BCUT2D eigenvalue weighted by Crippen LogP contribution is 2.32. The molecule has 0 aromatic heterocycles. The lowest BCUT2D eigenvalue weighted by atomic mass is 10.1. The first-order valence-electron chi connectivity index (χ1n) is 9.14. The van der Waals surface area contributed by atoms with E-state index in [1.165, 1.54) is 22.6 Å². The lowest BCUT2D eigenvalue weighted by Gasteiger charge is -2.17. The zero-order chi connectivity index (χ0) is 20.1. The number of aryl methyl sites for hydroxylation is 1. The molecule has 28 heavy (non-hydrogen) atoms. The summed E-state index contributed by atoms with van der Waals surface area (Å²) in [5, 5.41) is 2.85. The molecule has 7 heteroatoms. The van der Waals surface area contributed by atoms with Crippen molar-refractivity contribution in [2.75, 3.05) is 18.0 Å². The van der Waals surface area contributed by atoms with E-state index in [-0.39, 0.29) is 24.8 Å². The summed E-state index contributed by atoms with van der Waals surface area (Å²) >= 11 is 0. The van der Waals surface area contributed by atoms with Gasteiger partial charge in [-0.05, 0) is 42.7 Å². The van der Waals surface area contributed by atoms with Crippen LogP contribution in [0.15, 0.2) is 54.6 Å². The highest BCUT2D eigenvalue weighted by Gasteiger charge is 2.36. The van der Waals surface area contributed by atoms with Gasteiger partial charge in [0.15, 0.2) is 0 Å². The number of alkyl halides is 3. The van der Waals surface area contributed by atoms with Gasteiger partial charge < -0.3 is 10.2 Å². The van der Waals surface area contributed by atoms with Gasteiger partial charge in [0.25, 0.3) is 0 Å². The lowest BCUT2D eigenvalue weighted by molar-refractivity contribution is -0.137. The van der Waals surface area contributed by atoms with Crippen molar-refractivity contribution in [3.63, 3.8) is 0 Å². The van der Waals surface area contributed by atoms with Gasteiger partial charge in [0.1, 0.15) is 0 Å². The van der Waals surface area contributed by atoms with Crippen LogP contribution in [0.1, 0.15) is 24.0 Å². The number of anilines is 1. The number of halogens is 3. The highest BCUT2D eigenvalue weighted by atomic mass is 19.4. The fraction of sp³-hybridized carbons (Fsp3) is 0.333. The van der Waals surface area contributed by atoms with Crippen LogP contribution in [-0.2, 0) is 22.2 Å². The topological polar surface area (TPSA) is 49.4 Å². The zero-order valence-corrected chi connectivity index (χ0v) is 15.2. The molecule has 1 aliphatic heterocycles. The number of rotatable bonds is 6. The molecule has 1 saturated heterocycles. The summed E-state index contributed by atoms with van der Waals surface area (Å²) in [5.41, 5.74) is 0.800. The monoisotopic (exact) mass is 390 g/mol. The summed E-state index contributed by atoms with van der Waals surface area (Å²) in [6.45, 7) is 0.688. The molecule has 2 amide bonds. The van der Waals surface area contributed by atoms with Crippen molar-refractivity contribution < 1.29 is 22.8 Å². The Labute approximate surface area is 161 Å².